The molecule has 0 radical (unpaired) electrons. The topological polar surface area (TPSA) is 118 Å². The zero-order valence-electron chi connectivity index (χ0n) is 21.9. The van der Waals surface area contributed by atoms with Crippen molar-refractivity contribution < 1.29 is 23.0 Å². The average Bonchev–Trinajstić information content (AvgIpc) is 3.36. The molecule has 2 aromatic heterocycles. The number of hydrogen-bond acceptors (Lipinski definition) is 9. The number of anilines is 2. The van der Waals surface area contributed by atoms with Crippen LogP contribution in [0.5, 0.6) is 17.2 Å². The minimum absolute atomic E-state index is 0.00999. The summed E-state index contributed by atoms with van der Waals surface area (Å²) in [7, 11) is 5.90. The Bertz CT molecular complexity index is 1480. The lowest BCUT2D eigenvalue weighted by Crippen LogP contribution is -2.12. The summed E-state index contributed by atoms with van der Waals surface area (Å²) in [5.74, 6) is -1.34. The third-order valence-electron chi connectivity index (χ3n) is 5.99. The van der Waals surface area contributed by atoms with Crippen LogP contribution in [-0.4, -0.2) is 49.4 Å². The molecule has 39 heavy (non-hydrogen) atoms. The predicted molar refractivity (Wildman–Crippen MR) is 146 cm³/mol. The van der Waals surface area contributed by atoms with Crippen molar-refractivity contribution in [2.24, 2.45) is 0 Å². The second-order valence-electron chi connectivity index (χ2n) is 8.34. The van der Waals surface area contributed by atoms with Crippen LogP contribution in [0.4, 0.5) is 20.2 Å². The second kappa shape index (κ2) is 12.1. The SMILES string of the molecule is CN/C=C(\C=N)Nc1c(CNc2c(F)c(OC)cc(OC)c2F)cnc2c1cnn2Cc1ccc(OC)cc1. The summed E-state index contributed by atoms with van der Waals surface area (Å²) in [5, 5.41) is 21.9. The molecule has 4 aromatic rings. The first-order chi connectivity index (χ1) is 18.9. The van der Waals surface area contributed by atoms with Crippen LogP contribution in [0.1, 0.15) is 11.1 Å². The van der Waals surface area contributed by atoms with Crippen LogP contribution >= 0.6 is 0 Å². The van der Waals surface area contributed by atoms with E-state index in [0.717, 1.165) is 23.6 Å². The van der Waals surface area contributed by atoms with Crippen molar-refractivity contribution in [3.63, 3.8) is 0 Å². The normalized spacial score (nSPS) is 11.3. The van der Waals surface area contributed by atoms with Crippen LogP contribution in [0, 0.1) is 17.0 Å². The van der Waals surface area contributed by atoms with Crippen molar-refractivity contribution in [2.45, 2.75) is 13.1 Å². The van der Waals surface area contributed by atoms with E-state index in [1.54, 1.807) is 37.4 Å². The van der Waals surface area contributed by atoms with Crippen molar-refractivity contribution in [1.82, 2.24) is 20.1 Å². The van der Waals surface area contributed by atoms with E-state index in [0.29, 0.717) is 34.5 Å². The summed E-state index contributed by atoms with van der Waals surface area (Å²) in [4.78, 5) is 4.60. The van der Waals surface area contributed by atoms with Gasteiger partial charge in [-0.25, -0.2) is 18.4 Å². The number of benzene rings is 2. The highest BCUT2D eigenvalue weighted by molar-refractivity contribution is 5.94. The molecule has 4 rings (SSSR count). The van der Waals surface area contributed by atoms with Gasteiger partial charge in [0.25, 0.3) is 0 Å². The maximum Gasteiger partial charge on any atom is 0.191 e. The lowest BCUT2D eigenvalue weighted by atomic mass is 10.1. The highest BCUT2D eigenvalue weighted by Crippen LogP contribution is 2.36. The van der Waals surface area contributed by atoms with E-state index in [4.69, 9.17) is 19.6 Å². The number of nitrogens with one attached hydrogen (secondary N) is 4. The smallest absolute Gasteiger partial charge is 0.191 e. The molecular formula is C27H29F2N7O3. The van der Waals surface area contributed by atoms with Gasteiger partial charge in [0.2, 0.25) is 0 Å². The van der Waals surface area contributed by atoms with E-state index in [1.165, 1.54) is 14.2 Å². The zero-order chi connectivity index (χ0) is 27.9. The summed E-state index contributed by atoms with van der Waals surface area (Å²) >= 11 is 0. The van der Waals surface area contributed by atoms with Crippen molar-refractivity contribution in [1.29, 1.82) is 5.41 Å². The Morgan fingerprint density at radius 1 is 1.00 bits per heavy atom. The molecule has 0 aliphatic rings. The molecule has 12 heteroatoms. The molecule has 0 saturated heterocycles. The second-order valence-corrected chi connectivity index (χ2v) is 8.34. The Kier molecular flexibility index (Phi) is 8.44. The summed E-state index contributed by atoms with van der Waals surface area (Å²) < 4.78 is 46.9. The number of methoxy groups -OCH3 is 3. The van der Waals surface area contributed by atoms with E-state index in [9.17, 15) is 8.78 Å². The fraction of sp³-hybridized carbons (Fsp3) is 0.222. The molecule has 0 saturated carbocycles. The first-order valence-electron chi connectivity index (χ1n) is 11.9. The summed E-state index contributed by atoms with van der Waals surface area (Å²) in [5.41, 5.74) is 2.80. The number of pyridine rings is 1. The quantitative estimate of drug-likeness (QED) is 0.195. The third-order valence-corrected chi connectivity index (χ3v) is 5.99. The van der Waals surface area contributed by atoms with Gasteiger partial charge in [0.05, 0.1) is 50.8 Å². The summed E-state index contributed by atoms with van der Waals surface area (Å²) in [6.07, 6.45) is 6.02. The standard InChI is InChI=1S/C27H29F2N7O3/c1-31-13-18(10-30)35-25-17(11-32-26-23(28)21(38-3)9-22(39-4)24(26)29)12-33-27-20(25)14-34-36(27)15-16-5-7-19(37-2)8-6-16/h5-10,12-14,30-32H,11,15H2,1-4H3,(H,33,35)/b18-13+,30-10?. The molecule has 10 nitrogen and oxygen atoms in total. The van der Waals surface area contributed by atoms with E-state index in [1.807, 2.05) is 24.3 Å². The number of aromatic nitrogens is 3. The minimum Gasteiger partial charge on any atom is -0.497 e. The van der Waals surface area contributed by atoms with Gasteiger partial charge in [-0.05, 0) is 17.7 Å². The number of halogens is 2. The molecule has 2 aromatic carbocycles. The van der Waals surface area contributed by atoms with Crippen LogP contribution in [0.3, 0.4) is 0 Å². The predicted octanol–water partition coefficient (Wildman–Crippen LogP) is 4.52. The molecule has 204 valence electrons. The van der Waals surface area contributed by atoms with Crippen LogP contribution in [0.2, 0.25) is 0 Å². The fourth-order valence-electron chi connectivity index (χ4n) is 4.01. The first kappa shape index (κ1) is 27.2. The largest absolute Gasteiger partial charge is 0.497 e. The summed E-state index contributed by atoms with van der Waals surface area (Å²) in [6, 6.07) is 8.77. The maximum atomic E-state index is 14.9. The molecule has 0 aliphatic carbocycles. The lowest BCUT2D eigenvalue weighted by molar-refractivity contribution is 0.360. The van der Waals surface area contributed by atoms with Crippen LogP contribution < -0.4 is 30.2 Å². The highest BCUT2D eigenvalue weighted by Gasteiger charge is 2.21. The molecule has 0 amide bonds. The van der Waals surface area contributed by atoms with Crippen molar-refractivity contribution in [2.75, 3.05) is 39.0 Å². The molecule has 0 unspecified atom stereocenters. The maximum absolute atomic E-state index is 14.9. The van der Waals surface area contributed by atoms with Gasteiger partial charge in [-0.2, -0.15) is 5.10 Å². The van der Waals surface area contributed by atoms with Gasteiger partial charge < -0.3 is 35.6 Å². The van der Waals surface area contributed by atoms with E-state index >= 15 is 0 Å². The van der Waals surface area contributed by atoms with Crippen LogP contribution in [0.15, 0.2) is 54.6 Å². The molecule has 0 atom stereocenters. The molecule has 0 fully saturated rings. The zero-order valence-corrected chi connectivity index (χ0v) is 21.9. The Morgan fingerprint density at radius 3 is 2.28 bits per heavy atom. The average molecular weight is 538 g/mol. The first-order valence-corrected chi connectivity index (χ1v) is 11.9. The summed E-state index contributed by atoms with van der Waals surface area (Å²) in [6.45, 7) is 0.450. The van der Waals surface area contributed by atoms with Gasteiger partial charge in [0.15, 0.2) is 28.8 Å². The van der Waals surface area contributed by atoms with Gasteiger partial charge >= 0.3 is 0 Å². The van der Waals surface area contributed by atoms with Gasteiger partial charge in [-0.3, -0.25) is 0 Å². The number of nitrogens with zero attached hydrogens (tertiary/aromatic N) is 3. The van der Waals surface area contributed by atoms with Crippen molar-refractivity contribution >= 4 is 28.6 Å². The lowest BCUT2D eigenvalue weighted by Gasteiger charge is -2.17. The van der Waals surface area contributed by atoms with Gasteiger partial charge in [0, 0.05) is 43.8 Å². The Hall–Kier alpha value is -4.87. The Balaban J connectivity index is 1.73. The van der Waals surface area contributed by atoms with E-state index in [-0.39, 0.29) is 18.0 Å². The van der Waals surface area contributed by atoms with Gasteiger partial charge in [-0.15, -0.1) is 0 Å². The molecular weight excluding hydrogens is 508 g/mol. The van der Waals surface area contributed by atoms with E-state index in [2.05, 4.69) is 26.0 Å². The van der Waals surface area contributed by atoms with Crippen molar-refractivity contribution in [3.05, 3.63) is 77.4 Å². The number of fused-ring (bicyclic) bond motifs is 1. The van der Waals surface area contributed by atoms with Crippen molar-refractivity contribution in [3.8, 4) is 17.2 Å². The number of rotatable bonds is 12. The Labute approximate surface area is 224 Å². The van der Waals surface area contributed by atoms with Crippen LogP contribution in [0.25, 0.3) is 11.0 Å². The number of allylic oxidation sites excluding steroid dienone is 1. The van der Waals surface area contributed by atoms with Gasteiger partial charge in [0.1, 0.15) is 11.4 Å². The molecule has 0 aliphatic heterocycles. The minimum atomic E-state index is -0.887. The third kappa shape index (κ3) is 5.69. The number of hydrogen-bond donors (Lipinski definition) is 4. The van der Waals surface area contributed by atoms with Crippen LogP contribution in [-0.2, 0) is 13.1 Å². The van der Waals surface area contributed by atoms with Gasteiger partial charge in [-0.1, -0.05) is 12.1 Å². The van der Waals surface area contributed by atoms with E-state index < -0.39 is 17.3 Å². The monoisotopic (exact) mass is 537 g/mol. The molecule has 2 heterocycles. The Morgan fingerprint density at radius 2 is 1.69 bits per heavy atom. The molecule has 4 N–H and O–H groups in total. The fourth-order valence-corrected chi connectivity index (χ4v) is 4.01. The highest BCUT2D eigenvalue weighted by atomic mass is 19.1. The molecule has 0 spiro atoms. The molecule has 0 bridgehead atoms. The number of ether oxygens (including phenoxy) is 3.